The molecule has 0 unspecified atom stereocenters. The predicted octanol–water partition coefficient (Wildman–Crippen LogP) is 1.18. The molecule has 1 aromatic rings. The Morgan fingerprint density at radius 2 is 1.88 bits per heavy atom. The summed E-state index contributed by atoms with van der Waals surface area (Å²) >= 11 is 0. The summed E-state index contributed by atoms with van der Waals surface area (Å²) in [5.74, 6) is 1.55. The maximum atomic E-state index is 5.42. The van der Waals surface area contributed by atoms with Crippen LogP contribution in [0.25, 0.3) is 0 Å². The highest BCUT2D eigenvalue weighted by Gasteiger charge is 2.03. The molecule has 0 spiro atoms. The molecule has 4 nitrogen and oxygen atoms in total. The molecule has 0 fully saturated rings. The Hall–Kier alpha value is -1.26. The number of hydrogen-bond donors (Lipinski definition) is 2. The number of hydrogen-bond acceptors (Lipinski definition) is 4. The van der Waals surface area contributed by atoms with Gasteiger partial charge in [0.25, 0.3) is 0 Å². The van der Waals surface area contributed by atoms with Gasteiger partial charge in [0, 0.05) is 0 Å². The molecule has 17 heavy (non-hydrogen) atoms. The topological polar surface area (TPSA) is 56.5 Å². The van der Waals surface area contributed by atoms with Crippen molar-refractivity contribution in [1.82, 2.24) is 5.32 Å². The molecule has 0 saturated carbocycles. The van der Waals surface area contributed by atoms with Crippen LogP contribution in [0.4, 0.5) is 0 Å². The summed E-state index contributed by atoms with van der Waals surface area (Å²) in [6, 6.07) is 6.02. The maximum Gasteiger partial charge on any atom is 0.160 e. The second kappa shape index (κ2) is 7.92. The summed E-state index contributed by atoms with van der Waals surface area (Å²) in [5.41, 5.74) is 6.66. The molecule has 0 aliphatic heterocycles. The molecule has 4 heteroatoms. The average Bonchev–Trinajstić information content (AvgIpc) is 2.38. The van der Waals surface area contributed by atoms with Gasteiger partial charge in [-0.3, -0.25) is 0 Å². The highest BCUT2D eigenvalue weighted by molar-refractivity contribution is 5.42. The lowest BCUT2D eigenvalue weighted by atomic mass is 10.1. The van der Waals surface area contributed by atoms with Crippen molar-refractivity contribution >= 4 is 0 Å². The van der Waals surface area contributed by atoms with Crippen LogP contribution in [0.15, 0.2) is 18.2 Å². The summed E-state index contributed by atoms with van der Waals surface area (Å²) < 4.78 is 10.5. The highest BCUT2D eigenvalue weighted by Crippen LogP contribution is 2.27. The van der Waals surface area contributed by atoms with E-state index in [1.165, 1.54) is 5.56 Å². The van der Waals surface area contributed by atoms with Gasteiger partial charge in [0.15, 0.2) is 11.5 Å². The Labute approximate surface area is 103 Å². The van der Waals surface area contributed by atoms with E-state index in [0.717, 1.165) is 44.0 Å². The van der Waals surface area contributed by atoms with E-state index >= 15 is 0 Å². The fraction of sp³-hybridized carbons (Fsp3) is 0.538. The van der Waals surface area contributed by atoms with Gasteiger partial charge in [-0.05, 0) is 50.2 Å². The minimum atomic E-state index is 0.739. The summed E-state index contributed by atoms with van der Waals surface area (Å²) in [6.45, 7) is 2.67. The summed E-state index contributed by atoms with van der Waals surface area (Å²) in [4.78, 5) is 0. The third-order valence-electron chi connectivity index (χ3n) is 2.60. The number of rotatable bonds is 8. The maximum absolute atomic E-state index is 5.42. The van der Waals surface area contributed by atoms with Crippen molar-refractivity contribution in [1.29, 1.82) is 0 Å². The third kappa shape index (κ3) is 4.63. The molecule has 1 rings (SSSR count). The SMILES string of the molecule is COc1ccc(CCNCCCN)cc1OC. The quantitative estimate of drug-likeness (QED) is 0.668. The van der Waals surface area contributed by atoms with E-state index in [4.69, 9.17) is 15.2 Å². The molecule has 0 amide bonds. The third-order valence-corrected chi connectivity index (χ3v) is 2.60. The van der Waals surface area contributed by atoms with E-state index in [1.807, 2.05) is 12.1 Å². The molecule has 0 aliphatic carbocycles. The Bertz CT molecular complexity index is 329. The lowest BCUT2D eigenvalue weighted by molar-refractivity contribution is 0.354. The van der Waals surface area contributed by atoms with Gasteiger partial charge in [-0.2, -0.15) is 0 Å². The number of benzene rings is 1. The van der Waals surface area contributed by atoms with Crippen LogP contribution in [-0.2, 0) is 6.42 Å². The first-order valence-electron chi connectivity index (χ1n) is 5.93. The van der Waals surface area contributed by atoms with Crippen LogP contribution in [0.5, 0.6) is 11.5 Å². The van der Waals surface area contributed by atoms with Gasteiger partial charge in [-0.25, -0.2) is 0 Å². The molecule has 0 radical (unpaired) electrons. The monoisotopic (exact) mass is 238 g/mol. The van der Waals surface area contributed by atoms with Gasteiger partial charge in [0.1, 0.15) is 0 Å². The minimum Gasteiger partial charge on any atom is -0.493 e. The first-order valence-corrected chi connectivity index (χ1v) is 5.93. The molecule has 1 aromatic carbocycles. The molecule has 0 aromatic heterocycles. The van der Waals surface area contributed by atoms with E-state index in [1.54, 1.807) is 14.2 Å². The van der Waals surface area contributed by atoms with Crippen molar-refractivity contribution in [2.45, 2.75) is 12.8 Å². The van der Waals surface area contributed by atoms with Crippen LogP contribution in [-0.4, -0.2) is 33.9 Å². The average molecular weight is 238 g/mol. The standard InChI is InChI=1S/C13H22N2O2/c1-16-12-5-4-11(10-13(12)17-2)6-9-15-8-3-7-14/h4-5,10,15H,3,6-9,14H2,1-2H3. The zero-order valence-electron chi connectivity index (χ0n) is 10.7. The predicted molar refractivity (Wildman–Crippen MR) is 69.8 cm³/mol. The molecular weight excluding hydrogens is 216 g/mol. The van der Waals surface area contributed by atoms with Crippen molar-refractivity contribution in [3.8, 4) is 11.5 Å². The molecule has 0 aliphatic rings. The molecule has 0 saturated heterocycles. The molecule has 0 heterocycles. The molecule has 3 N–H and O–H groups in total. The van der Waals surface area contributed by atoms with E-state index in [2.05, 4.69) is 11.4 Å². The van der Waals surface area contributed by atoms with Crippen LogP contribution in [0.3, 0.4) is 0 Å². The number of ether oxygens (including phenoxy) is 2. The van der Waals surface area contributed by atoms with Crippen LogP contribution in [0, 0.1) is 0 Å². The first kappa shape index (κ1) is 13.8. The largest absolute Gasteiger partial charge is 0.493 e. The zero-order valence-corrected chi connectivity index (χ0v) is 10.7. The molecule has 0 atom stereocenters. The number of nitrogens with one attached hydrogen (secondary N) is 1. The molecular formula is C13H22N2O2. The van der Waals surface area contributed by atoms with Crippen molar-refractivity contribution in [3.63, 3.8) is 0 Å². The Balaban J connectivity index is 2.43. The van der Waals surface area contributed by atoms with Crippen molar-refractivity contribution in [3.05, 3.63) is 23.8 Å². The normalized spacial score (nSPS) is 10.3. The first-order chi connectivity index (χ1) is 8.31. The van der Waals surface area contributed by atoms with E-state index < -0.39 is 0 Å². The van der Waals surface area contributed by atoms with Crippen molar-refractivity contribution < 1.29 is 9.47 Å². The number of nitrogens with two attached hydrogens (primary N) is 1. The lowest BCUT2D eigenvalue weighted by Gasteiger charge is -2.09. The minimum absolute atomic E-state index is 0.739. The fourth-order valence-electron chi connectivity index (χ4n) is 1.62. The second-order valence-corrected chi connectivity index (χ2v) is 3.83. The molecule has 0 bridgehead atoms. The van der Waals surface area contributed by atoms with Gasteiger partial charge < -0.3 is 20.5 Å². The lowest BCUT2D eigenvalue weighted by Crippen LogP contribution is -2.20. The summed E-state index contributed by atoms with van der Waals surface area (Å²) in [5, 5.41) is 3.35. The zero-order chi connectivity index (χ0) is 12.5. The van der Waals surface area contributed by atoms with Crippen LogP contribution >= 0.6 is 0 Å². The Morgan fingerprint density at radius 1 is 1.12 bits per heavy atom. The van der Waals surface area contributed by atoms with Gasteiger partial charge >= 0.3 is 0 Å². The fourth-order valence-corrected chi connectivity index (χ4v) is 1.62. The summed E-state index contributed by atoms with van der Waals surface area (Å²) in [7, 11) is 3.30. The van der Waals surface area contributed by atoms with Crippen molar-refractivity contribution in [2.24, 2.45) is 5.73 Å². The van der Waals surface area contributed by atoms with E-state index in [9.17, 15) is 0 Å². The summed E-state index contributed by atoms with van der Waals surface area (Å²) in [6.07, 6.45) is 2.00. The van der Waals surface area contributed by atoms with E-state index in [0.29, 0.717) is 0 Å². The van der Waals surface area contributed by atoms with Gasteiger partial charge in [0.05, 0.1) is 14.2 Å². The van der Waals surface area contributed by atoms with Gasteiger partial charge in [-0.15, -0.1) is 0 Å². The van der Waals surface area contributed by atoms with E-state index in [-0.39, 0.29) is 0 Å². The van der Waals surface area contributed by atoms with Gasteiger partial charge in [-0.1, -0.05) is 6.07 Å². The Kier molecular flexibility index (Phi) is 6.43. The van der Waals surface area contributed by atoms with Crippen molar-refractivity contribution in [2.75, 3.05) is 33.9 Å². The second-order valence-electron chi connectivity index (χ2n) is 3.83. The van der Waals surface area contributed by atoms with Crippen LogP contribution in [0.1, 0.15) is 12.0 Å². The highest BCUT2D eigenvalue weighted by atomic mass is 16.5. The van der Waals surface area contributed by atoms with Crippen LogP contribution in [0.2, 0.25) is 0 Å². The Morgan fingerprint density at radius 3 is 2.53 bits per heavy atom. The number of methoxy groups -OCH3 is 2. The molecule has 96 valence electrons. The van der Waals surface area contributed by atoms with Gasteiger partial charge in [0.2, 0.25) is 0 Å². The smallest absolute Gasteiger partial charge is 0.160 e. The van der Waals surface area contributed by atoms with Crippen LogP contribution < -0.4 is 20.5 Å².